The average molecular weight is 439 g/mol. The number of nitrogens with two attached hydrogens (primary N) is 4. The summed E-state index contributed by atoms with van der Waals surface area (Å²) < 4.78 is 0. The van der Waals surface area contributed by atoms with Gasteiger partial charge < -0.3 is 33.6 Å². The third kappa shape index (κ3) is 14.6. The Bertz CT molecular complexity index is 564. The van der Waals surface area contributed by atoms with E-state index >= 15 is 0 Å². The van der Waals surface area contributed by atoms with E-state index < -0.39 is 18.0 Å². The Hall–Kier alpha value is -1.99. The van der Waals surface area contributed by atoms with Crippen molar-refractivity contribution in [2.45, 2.75) is 76.3 Å². The zero-order chi connectivity index (χ0) is 23.5. The van der Waals surface area contributed by atoms with Crippen molar-refractivity contribution < 1.29 is 14.4 Å². The molecule has 0 saturated heterocycles. The zero-order valence-corrected chi connectivity index (χ0v) is 18.7. The third-order valence-corrected chi connectivity index (χ3v) is 5.15. The van der Waals surface area contributed by atoms with Crippen molar-refractivity contribution >= 4 is 17.6 Å². The fourth-order valence-corrected chi connectivity index (χ4v) is 3.17. The lowest BCUT2D eigenvalue weighted by Gasteiger charge is -2.18. The number of amides is 2. The molecule has 0 aromatic rings. The van der Waals surface area contributed by atoms with E-state index in [1.165, 1.54) is 0 Å². The summed E-state index contributed by atoms with van der Waals surface area (Å²) in [4.78, 5) is 36.7. The van der Waals surface area contributed by atoms with Crippen molar-refractivity contribution in [3.05, 3.63) is 0 Å². The van der Waals surface area contributed by atoms with Crippen molar-refractivity contribution in [1.29, 1.82) is 0 Å². The molecular weight excluding hydrogens is 396 g/mol. The smallest absolute Gasteiger partial charge is 0.236 e. The highest BCUT2D eigenvalue weighted by atomic mass is 16.2. The summed E-state index contributed by atoms with van der Waals surface area (Å²) in [6.07, 6.45) is 11.6. The Balaban J connectivity index is 4.24. The standard InChI is InChI=1S/C22H42N6O3/c1-2-14-27-21(30)17(9-3-6-12-23)16-20(29)18(25)10-5-8-15-28-22(31)19(26)11-4-7-13-24/h1,17-19H,3-16,23-26H2,(H,27,30)(H,28,31)/t17?,18-,19-/m0/s1. The molecule has 1 unspecified atom stereocenters. The largest absolute Gasteiger partial charge is 0.355 e. The van der Waals surface area contributed by atoms with Gasteiger partial charge in [-0.25, -0.2) is 0 Å². The second-order valence-corrected chi connectivity index (χ2v) is 7.86. The molecule has 0 aliphatic heterocycles. The number of carbonyl (C=O) groups excluding carboxylic acids is 3. The molecule has 3 atom stereocenters. The number of rotatable bonds is 19. The summed E-state index contributed by atoms with van der Waals surface area (Å²) in [5.41, 5.74) is 22.8. The number of carbonyl (C=O) groups is 3. The van der Waals surface area contributed by atoms with Crippen LogP contribution < -0.4 is 33.6 Å². The van der Waals surface area contributed by atoms with E-state index in [0.29, 0.717) is 51.7 Å². The Morgan fingerprint density at radius 3 is 1.97 bits per heavy atom. The van der Waals surface area contributed by atoms with Crippen LogP contribution in [-0.2, 0) is 14.4 Å². The van der Waals surface area contributed by atoms with Gasteiger partial charge in [-0.3, -0.25) is 14.4 Å². The molecule has 0 fully saturated rings. The van der Waals surface area contributed by atoms with Gasteiger partial charge in [0.05, 0.1) is 18.6 Å². The lowest BCUT2D eigenvalue weighted by atomic mass is 9.91. The lowest BCUT2D eigenvalue weighted by Crippen LogP contribution is -2.41. The van der Waals surface area contributed by atoms with Gasteiger partial charge in [0.2, 0.25) is 11.8 Å². The van der Waals surface area contributed by atoms with Crippen LogP contribution >= 0.6 is 0 Å². The summed E-state index contributed by atoms with van der Waals surface area (Å²) in [7, 11) is 0. The minimum absolute atomic E-state index is 0.0938. The van der Waals surface area contributed by atoms with Crippen LogP contribution in [0.5, 0.6) is 0 Å². The second kappa shape index (κ2) is 18.8. The summed E-state index contributed by atoms with van der Waals surface area (Å²) in [5, 5.41) is 5.45. The molecular formula is C22H42N6O3. The highest BCUT2D eigenvalue weighted by Crippen LogP contribution is 2.16. The minimum Gasteiger partial charge on any atom is -0.355 e. The molecule has 10 N–H and O–H groups in total. The molecule has 0 aliphatic rings. The number of unbranched alkanes of at least 4 members (excludes halogenated alkanes) is 3. The number of ketones is 1. The molecule has 0 aliphatic carbocycles. The fraction of sp³-hybridized carbons (Fsp3) is 0.773. The second-order valence-electron chi connectivity index (χ2n) is 7.86. The van der Waals surface area contributed by atoms with Crippen LogP contribution in [0.25, 0.3) is 0 Å². The SMILES string of the molecule is C#CCNC(=O)C(CCCCN)CC(=O)[C@@H](N)CCCCNC(=O)[C@@H](N)CCCCN. The van der Waals surface area contributed by atoms with Crippen LogP contribution in [0.15, 0.2) is 0 Å². The number of nitrogens with one attached hydrogen (secondary N) is 2. The Labute approximate surface area is 186 Å². The van der Waals surface area contributed by atoms with E-state index in [1.807, 2.05) is 0 Å². The van der Waals surface area contributed by atoms with Crippen LogP contribution in [-0.4, -0.2) is 55.9 Å². The normalized spacial score (nSPS) is 13.6. The van der Waals surface area contributed by atoms with Gasteiger partial charge in [-0.1, -0.05) is 18.8 Å². The van der Waals surface area contributed by atoms with Gasteiger partial charge in [-0.2, -0.15) is 0 Å². The zero-order valence-electron chi connectivity index (χ0n) is 18.7. The molecule has 0 aromatic heterocycles. The summed E-state index contributed by atoms with van der Waals surface area (Å²) >= 11 is 0. The van der Waals surface area contributed by atoms with Gasteiger partial charge in [0.15, 0.2) is 0 Å². The van der Waals surface area contributed by atoms with E-state index in [2.05, 4.69) is 16.6 Å². The average Bonchev–Trinajstić information content (AvgIpc) is 2.76. The first-order valence-electron chi connectivity index (χ1n) is 11.3. The van der Waals surface area contributed by atoms with E-state index in [-0.39, 0.29) is 30.6 Å². The number of hydrogen-bond acceptors (Lipinski definition) is 7. The number of Topliss-reactive ketones (excluding diaryl/α,β-unsaturated/α-hetero) is 1. The Kier molecular flexibility index (Phi) is 17.5. The topological polar surface area (TPSA) is 179 Å². The van der Waals surface area contributed by atoms with Gasteiger partial charge in [-0.15, -0.1) is 6.42 Å². The van der Waals surface area contributed by atoms with Crippen molar-refractivity contribution in [3.8, 4) is 12.3 Å². The van der Waals surface area contributed by atoms with E-state index in [1.54, 1.807) is 0 Å². The maximum atomic E-state index is 12.5. The molecule has 0 spiro atoms. The first-order valence-corrected chi connectivity index (χ1v) is 11.3. The predicted octanol–water partition coefficient (Wildman–Crippen LogP) is -0.490. The number of terminal acetylenes is 1. The van der Waals surface area contributed by atoms with Crippen molar-refractivity contribution in [2.24, 2.45) is 28.9 Å². The van der Waals surface area contributed by atoms with E-state index in [0.717, 1.165) is 25.7 Å². The Morgan fingerprint density at radius 2 is 1.35 bits per heavy atom. The van der Waals surface area contributed by atoms with Crippen molar-refractivity contribution in [3.63, 3.8) is 0 Å². The van der Waals surface area contributed by atoms with Crippen LogP contribution in [0.1, 0.15) is 64.2 Å². The van der Waals surface area contributed by atoms with E-state index in [4.69, 9.17) is 29.4 Å². The molecule has 0 bridgehead atoms. The molecule has 0 saturated carbocycles. The predicted molar refractivity (Wildman–Crippen MR) is 124 cm³/mol. The van der Waals surface area contributed by atoms with Gasteiger partial charge >= 0.3 is 0 Å². The van der Waals surface area contributed by atoms with E-state index in [9.17, 15) is 14.4 Å². The molecule has 9 heteroatoms. The van der Waals surface area contributed by atoms with Crippen LogP contribution in [0, 0.1) is 18.3 Å². The first-order chi connectivity index (χ1) is 14.9. The van der Waals surface area contributed by atoms with Crippen LogP contribution in [0.2, 0.25) is 0 Å². The molecule has 0 radical (unpaired) electrons. The molecule has 0 aromatic carbocycles. The molecule has 0 rings (SSSR count). The van der Waals surface area contributed by atoms with Gasteiger partial charge in [-0.05, 0) is 58.0 Å². The monoisotopic (exact) mass is 438 g/mol. The highest BCUT2D eigenvalue weighted by molar-refractivity contribution is 5.89. The minimum atomic E-state index is -0.633. The summed E-state index contributed by atoms with van der Waals surface area (Å²) in [5.74, 6) is 1.38. The maximum Gasteiger partial charge on any atom is 0.236 e. The highest BCUT2D eigenvalue weighted by Gasteiger charge is 2.24. The molecule has 178 valence electrons. The first kappa shape index (κ1) is 29.0. The molecule has 31 heavy (non-hydrogen) atoms. The van der Waals surface area contributed by atoms with Crippen molar-refractivity contribution in [2.75, 3.05) is 26.2 Å². The Morgan fingerprint density at radius 1 is 0.774 bits per heavy atom. The fourth-order valence-electron chi connectivity index (χ4n) is 3.17. The quantitative estimate of drug-likeness (QED) is 0.116. The summed E-state index contributed by atoms with van der Waals surface area (Å²) in [6, 6.07) is -1.15. The van der Waals surface area contributed by atoms with Gasteiger partial charge in [0, 0.05) is 18.9 Å². The van der Waals surface area contributed by atoms with Gasteiger partial charge in [0.25, 0.3) is 0 Å². The molecule has 2 amide bonds. The molecule has 9 nitrogen and oxygen atoms in total. The van der Waals surface area contributed by atoms with Crippen molar-refractivity contribution in [1.82, 2.24) is 10.6 Å². The lowest BCUT2D eigenvalue weighted by molar-refractivity contribution is -0.130. The van der Waals surface area contributed by atoms with Crippen LogP contribution in [0.3, 0.4) is 0 Å². The molecule has 0 heterocycles. The number of hydrogen-bond donors (Lipinski definition) is 6. The van der Waals surface area contributed by atoms with Crippen LogP contribution in [0.4, 0.5) is 0 Å². The van der Waals surface area contributed by atoms with Gasteiger partial charge in [0.1, 0.15) is 5.78 Å². The summed E-state index contributed by atoms with van der Waals surface area (Å²) in [6.45, 7) is 1.76. The maximum absolute atomic E-state index is 12.5. The third-order valence-electron chi connectivity index (χ3n) is 5.15.